The van der Waals surface area contributed by atoms with E-state index in [9.17, 15) is 8.42 Å². The van der Waals surface area contributed by atoms with Crippen LogP contribution in [0.4, 0.5) is 0 Å². The molecule has 0 saturated heterocycles. The van der Waals surface area contributed by atoms with E-state index in [4.69, 9.17) is 5.11 Å². The maximum absolute atomic E-state index is 12.4. The summed E-state index contributed by atoms with van der Waals surface area (Å²) in [5.41, 5.74) is 0. The molecule has 2 aromatic rings. The van der Waals surface area contributed by atoms with Crippen LogP contribution in [0.25, 0.3) is 0 Å². The lowest BCUT2D eigenvalue weighted by atomic mass is 10.5. The summed E-state index contributed by atoms with van der Waals surface area (Å²) in [5.74, 6) is 0.661. The first kappa shape index (κ1) is 15.7. The second-order valence-electron chi connectivity index (χ2n) is 4.73. The first-order chi connectivity index (χ1) is 9.95. The molecule has 0 fully saturated rings. The topological polar surface area (TPSA) is 93.3 Å². The van der Waals surface area contributed by atoms with Crippen molar-refractivity contribution in [1.82, 2.24) is 23.6 Å². The maximum Gasteiger partial charge on any atom is 0.246 e. The smallest absolute Gasteiger partial charge is 0.246 e. The minimum absolute atomic E-state index is 0.0427. The van der Waals surface area contributed by atoms with E-state index in [2.05, 4.69) is 10.1 Å². The van der Waals surface area contributed by atoms with Gasteiger partial charge in [-0.3, -0.25) is 4.68 Å². The van der Waals surface area contributed by atoms with Gasteiger partial charge in [-0.05, 0) is 6.42 Å². The first-order valence-electron chi connectivity index (χ1n) is 6.51. The number of aryl methyl sites for hydroxylation is 2. The van der Waals surface area contributed by atoms with Gasteiger partial charge < -0.3 is 9.67 Å². The molecule has 21 heavy (non-hydrogen) atoms. The van der Waals surface area contributed by atoms with E-state index in [1.807, 2.05) is 7.05 Å². The van der Waals surface area contributed by atoms with Gasteiger partial charge in [-0.25, -0.2) is 13.4 Å². The molecule has 0 radical (unpaired) electrons. The van der Waals surface area contributed by atoms with E-state index in [-0.39, 0.29) is 18.0 Å². The number of nitrogens with zero attached hydrogens (tertiary/aromatic N) is 5. The third-order valence-corrected chi connectivity index (χ3v) is 4.90. The Morgan fingerprint density at radius 3 is 2.81 bits per heavy atom. The van der Waals surface area contributed by atoms with Gasteiger partial charge in [-0.1, -0.05) is 0 Å². The molecule has 0 aliphatic carbocycles. The number of imidazole rings is 1. The van der Waals surface area contributed by atoms with Crippen molar-refractivity contribution in [2.24, 2.45) is 7.05 Å². The molecule has 8 nitrogen and oxygen atoms in total. The highest BCUT2D eigenvalue weighted by Crippen LogP contribution is 2.15. The Hall–Kier alpha value is -1.71. The van der Waals surface area contributed by atoms with Crippen LogP contribution >= 0.6 is 0 Å². The van der Waals surface area contributed by atoms with Gasteiger partial charge in [0.05, 0.1) is 12.7 Å². The van der Waals surface area contributed by atoms with Crippen molar-refractivity contribution in [3.8, 4) is 0 Å². The van der Waals surface area contributed by atoms with Crippen LogP contribution in [0, 0.1) is 0 Å². The fourth-order valence-electron chi connectivity index (χ4n) is 1.85. The Kier molecular flexibility index (Phi) is 4.76. The second kappa shape index (κ2) is 6.37. The summed E-state index contributed by atoms with van der Waals surface area (Å²) in [7, 11) is -0.278. The summed E-state index contributed by atoms with van der Waals surface area (Å²) in [5, 5.41) is 12.8. The summed E-state index contributed by atoms with van der Waals surface area (Å²) < 4.78 is 29.4. The van der Waals surface area contributed by atoms with Crippen LogP contribution < -0.4 is 0 Å². The minimum Gasteiger partial charge on any atom is -0.396 e. The Morgan fingerprint density at radius 1 is 1.43 bits per heavy atom. The van der Waals surface area contributed by atoms with Crippen LogP contribution in [-0.4, -0.2) is 50.8 Å². The number of aliphatic hydroxyl groups is 1. The molecule has 2 aromatic heterocycles. The summed E-state index contributed by atoms with van der Waals surface area (Å²) in [6, 6.07) is 0. The summed E-state index contributed by atoms with van der Waals surface area (Å²) in [4.78, 5) is 4.25. The third kappa shape index (κ3) is 3.49. The molecule has 2 rings (SSSR count). The Bertz CT molecular complexity index is 691. The molecule has 0 saturated carbocycles. The standard InChI is InChI=1S/C12H19N5O3S/c1-15-6-4-13-12(15)10-16(2)21(19,20)11-8-14-17(9-11)5-3-7-18/h4,6,8-9,18H,3,5,7,10H2,1-2H3. The van der Waals surface area contributed by atoms with Crippen molar-refractivity contribution in [2.45, 2.75) is 24.4 Å². The summed E-state index contributed by atoms with van der Waals surface area (Å²) in [6.07, 6.45) is 6.72. The molecule has 116 valence electrons. The highest BCUT2D eigenvalue weighted by atomic mass is 32.2. The molecule has 0 aromatic carbocycles. The monoisotopic (exact) mass is 313 g/mol. The largest absolute Gasteiger partial charge is 0.396 e. The van der Waals surface area contributed by atoms with Crippen molar-refractivity contribution in [3.05, 3.63) is 30.6 Å². The molecule has 9 heteroatoms. The van der Waals surface area contributed by atoms with Gasteiger partial charge in [0.2, 0.25) is 10.0 Å². The molecule has 0 atom stereocenters. The van der Waals surface area contributed by atoms with Crippen molar-refractivity contribution >= 4 is 10.0 Å². The molecule has 0 bridgehead atoms. The van der Waals surface area contributed by atoms with Crippen LogP contribution in [-0.2, 0) is 30.2 Å². The van der Waals surface area contributed by atoms with E-state index in [0.29, 0.717) is 18.8 Å². The lowest BCUT2D eigenvalue weighted by Crippen LogP contribution is -2.27. The van der Waals surface area contributed by atoms with Crippen molar-refractivity contribution in [1.29, 1.82) is 0 Å². The average Bonchev–Trinajstić information content (AvgIpc) is 3.06. The summed E-state index contributed by atoms with van der Waals surface area (Å²) >= 11 is 0. The number of hydrogen-bond donors (Lipinski definition) is 1. The average molecular weight is 313 g/mol. The fourth-order valence-corrected chi connectivity index (χ4v) is 2.93. The lowest BCUT2D eigenvalue weighted by Gasteiger charge is -2.15. The molecule has 0 amide bonds. The zero-order valence-electron chi connectivity index (χ0n) is 12.0. The Morgan fingerprint density at radius 2 is 2.19 bits per heavy atom. The van der Waals surface area contributed by atoms with Crippen LogP contribution in [0.1, 0.15) is 12.2 Å². The lowest BCUT2D eigenvalue weighted by molar-refractivity contribution is 0.277. The number of aromatic nitrogens is 4. The van der Waals surface area contributed by atoms with Gasteiger partial charge in [0.15, 0.2) is 0 Å². The van der Waals surface area contributed by atoms with Gasteiger partial charge in [0.1, 0.15) is 10.7 Å². The number of rotatable bonds is 7. The van der Waals surface area contributed by atoms with Crippen molar-refractivity contribution in [2.75, 3.05) is 13.7 Å². The fraction of sp³-hybridized carbons (Fsp3) is 0.500. The number of aliphatic hydroxyl groups excluding tert-OH is 1. The van der Waals surface area contributed by atoms with Crippen LogP contribution in [0.3, 0.4) is 0 Å². The first-order valence-corrected chi connectivity index (χ1v) is 7.95. The highest BCUT2D eigenvalue weighted by molar-refractivity contribution is 7.89. The van der Waals surface area contributed by atoms with Gasteiger partial charge in [0.25, 0.3) is 0 Å². The van der Waals surface area contributed by atoms with E-state index < -0.39 is 10.0 Å². The van der Waals surface area contributed by atoms with Crippen LogP contribution in [0.2, 0.25) is 0 Å². The van der Waals surface area contributed by atoms with E-state index in [1.54, 1.807) is 17.0 Å². The minimum atomic E-state index is -3.60. The quantitative estimate of drug-likeness (QED) is 0.765. The zero-order chi connectivity index (χ0) is 15.5. The van der Waals surface area contributed by atoms with E-state index in [0.717, 1.165) is 0 Å². The van der Waals surface area contributed by atoms with Gasteiger partial charge in [-0.2, -0.15) is 9.40 Å². The zero-order valence-corrected chi connectivity index (χ0v) is 12.9. The molecule has 0 spiro atoms. The molecular weight excluding hydrogens is 294 g/mol. The molecule has 1 N–H and O–H groups in total. The van der Waals surface area contributed by atoms with Crippen LogP contribution in [0.15, 0.2) is 29.7 Å². The van der Waals surface area contributed by atoms with Crippen LogP contribution in [0.5, 0.6) is 0 Å². The van der Waals surface area contributed by atoms with E-state index in [1.165, 1.54) is 28.4 Å². The molecule has 0 aliphatic rings. The highest BCUT2D eigenvalue weighted by Gasteiger charge is 2.23. The van der Waals surface area contributed by atoms with Gasteiger partial charge >= 0.3 is 0 Å². The van der Waals surface area contributed by atoms with Gasteiger partial charge in [0, 0.05) is 45.8 Å². The third-order valence-electron chi connectivity index (χ3n) is 3.15. The second-order valence-corrected chi connectivity index (χ2v) is 6.78. The SMILES string of the molecule is CN(Cc1nccn1C)S(=O)(=O)c1cnn(CCCO)c1. The molecule has 0 unspecified atom stereocenters. The Balaban J connectivity index is 2.13. The van der Waals surface area contributed by atoms with Gasteiger partial charge in [-0.15, -0.1) is 0 Å². The number of sulfonamides is 1. The summed E-state index contributed by atoms with van der Waals surface area (Å²) in [6.45, 7) is 0.712. The predicted octanol–water partition coefficient (Wildman–Crippen LogP) is -0.180. The normalized spacial score (nSPS) is 12.2. The van der Waals surface area contributed by atoms with Crippen molar-refractivity contribution in [3.63, 3.8) is 0 Å². The Labute approximate surface area is 123 Å². The molecule has 0 aliphatic heterocycles. The predicted molar refractivity (Wildman–Crippen MR) is 75.8 cm³/mol. The maximum atomic E-state index is 12.4. The molecular formula is C12H19N5O3S. The van der Waals surface area contributed by atoms with E-state index >= 15 is 0 Å². The molecule has 2 heterocycles. The number of hydrogen-bond acceptors (Lipinski definition) is 5. The van der Waals surface area contributed by atoms with Crippen molar-refractivity contribution < 1.29 is 13.5 Å².